The Balaban J connectivity index is 1.66. The SMILES string of the molecule is Nc1ccccc1C(=O)N1CCCC1C(=O)NCc1ccc(Cl)cc1. The fraction of sp³-hybridized carbons (Fsp3) is 0.263. The third kappa shape index (κ3) is 3.94. The molecule has 1 unspecified atom stereocenters. The number of nitrogens with one attached hydrogen (secondary N) is 1. The third-order valence-electron chi connectivity index (χ3n) is 4.39. The van der Waals surface area contributed by atoms with Gasteiger partial charge >= 0.3 is 0 Å². The summed E-state index contributed by atoms with van der Waals surface area (Å²) in [5.74, 6) is -0.336. The molecule has 0 saturated carbocycles. The minimum atomic E-state index is -0.459. The van der Waals surface area contributed by atoms with Crippen LogP contribution in [0.3, 0.4) is 0 Å². The maximum atomic E-state index is 12.7. The number of likely N-dealkylation sites (tertiary alicyclic amines) is 1. The van der Waals surface area contributed by atoms with E-state index in [0.29, 0.717) is 35.8 Å². The van der Waals surface area contributed by atoms with E-state index < -0.39 is 6.04 Å². The molecular formula is C19H20ClN3O2. The van der Waals surface area contributed by atoms with Crippen molar-refractivity contribution in [2.24, 2.45) is 0 Å². The van der Waals surface area contributed by atoms with Gasteiger partial charge in [0.05, 0.1) is 5.56 Å². The second-order valence-corrected chi connectivity index (χ2v) is 6.52. The van der Waals surface area contributed by atoms with E-state index in [2.05, 4.69) is 5.32 Å². The zero-order valence-electron chi connectivity index (χ0n) is 13.7. The highest BCUT2D eigenvalue weighted by Crippen LogP contribution is 2.23. The first-order valence-electron chi connectivity index (χ1n) is 8.24. The van der Waals surface area contributed by atoms with Crippen LogP contribution in [-0.2, 0) is 11.3 Å². The number of benzene rings is 2. The third-order valence-corrected chi connectivity index (χ3v) is 4.64. The molecule has 0 radical (unpaired) electrons. The highest BCUT2D eigenvalue weighted by Gasteiger charge is 2.34. The van der Waals surface area contributed by atoms with E-state index in [4.69, 9.17) is 17.3 Å². The monoisotopic (exact) mass is 357 g/mol. The second-order valence-electron chi connectivity index (χ2n) is 6.09. The van der Waals surface area contributed by atoms with E-state index in [1.165, 1.54) is 0 Å². The molecular weight excluding hydrogens is 338 g/mol. The van der Waals surface area contributed by atoms with Crippen LogP contribution in [0.5, 0.6) is 0 Å². The van der Waals surface area contributed by atoms with Crippen molar-refractivity contribution in [2.45, 2.75) is 25.4 Å². The first-order valence-corrected chi connectivity index (χ1v) is 8.61. The van der Waals surface area contributed by atoms with Crippen LogP contribution >= 0.6 is 11.6 Å². The zero-order valence-corrected chi connectivity index (χ0v) is 14.5. The lowest BCUT2D eigenvalue weighted by Crippen LogP contribution is -2.45. The Hall–Kier alpha value is -2.53. The zero-order chi connectivity index (χ0) is 17.8. The van der Waals surface area contributed by atoms with E-state index in [9.17, 15) is 9.59 Å². The quantitative estimate of drug-likeness (QED) is 0.826. The Morgan fingerprint density at radius 1 is 1.16 bits per heavy atom. The van der Waals surface area contributed by atoms with Gasteiger partial charge in [-0.25, -0.2) is 0 Å². The Kier molecular flexibility index (Phi) is 5.24. The van der Waals surface area contributed by atoms with Gasteiger partial charge in [-0.1, -0.05) is 35.9 Å². The van der Waals surface area contributed by atoms with Crippen LogP contribution < -0.4 is 11.1 Å². The number of hydrogen-bond acceptors (Lipinski definition) is 3. The molecule has 130 valence electrons. The number of nitrogen functional groups attached to an aromatic ring is 1. The number of rotatable bonds is 4. The van der Waals surface area contributed by atoms with Crippen LogP contribution in [-0.4, -0.2) is 29.3 Å². The number of amides is 2. The summed E-state index contributed by atoms with van der Waals surface area (Å²) in [6, 6.07) is 13.8. The summed E-state index contributed by atoms with van der Waals surface area (Å²) < 4.78 is 0. The number of nitrogens with two attached hydrogens (primary N) is 1. The lowest BCUT2D eigenvalue weighted by molar-refractivity contribution is -0.125. The summed E-state index contributed by atoms with van der Waals surface area (Å²) in [4.78, 5) is 26.9. The molecule has 3 N–H and O–H groups in total. The molecule has 0 aliphatic carbocycles. The molecule has 2 aromatic carbocycles. The minimum Gasteiger partial charge on any atom is -0.398 e. The fourth-order valence-corrected chi connectivity index (χ4v) is 3.16. The topological polar surface area (TPSA) is 75.4 Å². The van der Waals surface area contributed by atoms with Crippen molar-refractivity contribution in [3.05, 3.63) is 64.7 Å². The van der Waals surface area contributed by atoms with Crippen LogP contribution in [0.4, 0.5) is 5.69 Å². The second kappa shape index (κ2) is 7.57. The predicted molar refractivity (Wildman–Crippen MR) is 98.2 cm³/mol. The first kappa shape index (κ1) is 17.3. The Morgan fingerprint density at radius 2 is 1.88 bits per heavy atom. The minimum absolute atomic E-state index is 0.143. The van der Waals surface area contributed by atoms with Gasteiger partial charge in [0.25, 0.3) is 5.91 Å². The van der Waals surface area contributed by atoms with Gasteiger partial charge in [-0.05, 0) is 42.7 Å². The molecule has 0 spiro atoms. The van der Waals surface area contributed by atoms with Gasteiger partial charge < -0.3 is 16.0 Å². The van der Waals surface area contributed by atoms with Crippen molar-refractivity contribution in [3.8, 4) is 0 Å². The van der Waals surface area contributed by atoms with Crippen molar-refractivity contribution in [3.63, 3.8) is 0 Å². The molecule has 1 aliphatic rings. The van der Waals surface area contributed by atoms with Crippen LogP contribution in [0.15, 0.2) is 48.5 Å². The Labute approximate surface area is 151 Å². The number of nitrogens with zero attached hydrogens (tertiary/aromatic N) is 1. The molecule has 6 heteroatoms. The van der Waals surface area contributed by atoms with Crippen LogP contribution in [0.25, 0.3) is 0 Å². The molecule has 5 nitrogen and oxygen atoms in total. The number of para-hydroxylation sites is 1. The number of anilines is 1. The summed E-state index contributed by atoms with van der Waals surface area (Å²) in [5.41, 5.74) is 7.73. The molecule has 1 heterocycles. The molecule has 1 aliphatic heterocycles. The van der Waals surface area contributed by atoms with Crippen molar-refractivity contribution in [1.29, 1.82) is 0 Å². The van der Waals surface area contributed by atoms with Gasteiger partial charge in [0.1, 0.15) is 6.04 Å². The van der Waals surface area contributed by atoms with Gasteiger partial charge in [-0.15, -0.1) is 0 Å². The standard InChI is InChI=1S/C19H20ClN3O2/c20-14-9-7-13(8-10-14)12-22-18(24)17-6-3-11-23(17)19(25)15-4-1-2-5-16(15)21/h1-2,4-5,7-10,17H,3,6,11-12,21H2,(H,22,24). The molecule has 25 heavy (non-hydrogen) atoms. The van der Waals surface area contributed by atoms with Gasteiger partial charge in [0, 0.05) is 23.8 Å². The van der Waals surface area contributed by atoms with Gasteiger partial charge in [0.2, 0.25) is 5.91 Å². The number of hydrogen-bond donors (Lipinski definition) is 2. The van der Waals surface area contributed by atoms with Crippen LogP contribution in [0.1, 0.15) is 28.8 Å². The molecule has 2 amide bonds. The average Bonchev–Trinajstić information content (AvgIpc) is 3.10. The normalized spacial score (nSPS) is 16.7. The van der Waals surface area contributed by atoms with Crippen LogP contribution in [0, 0.1) is 0 Å². The average molecular weight is 358 g/mol. The summed E-state index contributed by atoms with van der Waals surface area (Å²) in [7, 11) is 0. The van der Waals surface area contributed by atoms with Crippen molar-refractivity contribution < 1.29 is 9.59 Å². The largest absolute Gasteiger partial charge is 0.398 e. The van der Waals surface area contributed by atoms with Gasteiger partial charge in [-0.2, -0.15) is 0 Å². The maximum Gasteiger partial charge on any atom is 0.256 e. The smallest absolute Gasteiger partial charge is 0.256 e. The summed E-state index contributed by atoms with van der Waals surface area (Å²) in [5, 5.41) is 3.56. The first-order chi connectivity index (χ1) is 12.1. The summed E-state index contributed by atoms with van der Waals surface area (Å²) in [6.45, 7) is 0.966. The fourth-order valence-electron chi connectivity index (χ4n) is 3.04. The Morgan fingerprint density at radius 3 is 2.60 bits per heavy atom. The van der Waals surface area contributed by atoms with Crippen LogP contribution in [0.2, 0.25) is 5.02 Å². The number of carbonyl (C=O) groups is 2. The van der Waals surface area contributed by atoms with Gasteiger partial charge in [0.15, 0.2) is 0 Å². The number of carbonyl (C=O) groups excluding carboxylic acids is 2. The highest BCUT2D eigenvalue weighted by atomic mass is 35.5. The lowest BCUT2D eigenvalue weighted by atomic mass is 10.1. The summed E-state index contributed by atoms with van der Waals surface area (Å²) >= 11 is 5.86. The van der Waals surface area contributed by atoms with E-state index in [1.807, 2.05) is 12.1 Å². The summed E-state index contributed by atoms with van der Waals surface area (Å²) in [6.07, 6.45) is 1.46. The van der Waals surface area contributed by atoms with Crippen molar-refractivity contribution in [1.82, 2.24) is 10.2 Å². The van der Waals surface area contributed by atoms with E-state index in [-0.39, 0.29) is 11.8 Å². The molecule has 3 rings (SSSR count). The lowest BCUT2D eigenvalue weighted by Gasteiger charge is -2.24. The molecule has 2 aromatic rings. The highest BCUT2D eigenvalue weighted by molar-refractivity contribution is 6.30. The van der Waals surface area contributed by atoms with Crippen molar-refractivity contribution in [2.75, 3.05) is 12.3 Å². The molecule has 0 bridgehead atoms. The van der Waals surface area contributed by atoms with Gasteiger partial charge in [-0.3, -0.25) is 9.59 Å². The van der Waals surface area contributed by atoms with Crippen molar-refractivity contribution >= 4 is 29.1 Å². The van der Waals surface area contributed by atoms with E-state index in [0.717, 1.165) is 12.0 Å². The predicted octanol–water partition coefficient (Wildman–Crippen LogP) is 2.84. The maximum absolute atomic E-state index is 12.7. The molecule has 0 aromatic heterocycles. The van der Waals surface area contributed by atoms with E-state index in [1.54, 1.807) is 41.3 Å². The molecule has 1 fully saturated rings. The number of halogens is 1. The molecule has 1 saturated heterocycles. The molecule has 1 atom stereocenters. The Bertz CT molecular complexity index is 776. The van der Waals surface area contributed by atoms with E-state index >= 15 is 0 Å².